The van der Waals surface area contributed by atoms with Gasteiger partial charge in [0, 0.05) is 17.6 Å². The van der Waals surface area contributed by atoms with E-state index in [2.05, 4.69) is 24.3 Å². The molecular weight excluding hydrogens is 250 g/mol. The number of hydrogen-bond donors (Lipinski definition) is 2. The molecule has 1 amide bonds. The Hall–Kier alpha value is -1.39. The van der Waals surface area contributed by atoms with Crippen molar-refractivity contribution >= 4 is 5.91 Å². The van der Waals surface area contributed by atoms with E-state index in [0.29, 0.717) is 6.54 Å². The lowest BCUT2D eigenvalue weighted by atomic mass is 9.75. The maximum absolute atomic E-state index is 12.2. The molecule has 0 radical (unpaired) electrons. The monoisotopic (exact) mass is 275 g/mol. The lowest BCUT2D eigenvalue weighted by Crippen LogP contribution is -2.57. The highest BCUT2D eigenvalue weighted by Crippen LogP contribution is 2.35. The fraction of sp³-hybridized carbons (Fsp3) is 0.562. The van der Waals surface area contributed by atoms with Crippen molar-refractivity contribution in [2.75, 3.05) is 27.2 Å². The molecule has 0 aromatic heterocycles. The molecule has 0 unspecified atom stereocenters. The van der Waals surface area contributed by atoms with Gasteiger partial charge in [-0.1, -0.05) is 12.1 Å². The van der Waals surface area contributed by atoms with Gasteiger partial charge >= 0.3 is 0 Å². The number of amides is 1. The largest absolute Gasteiger partial charge is 0.350 e. The number of rotatable bonds is 6. The SMILES string of the molecule is CN(C)C1(CNC(=O)c2ccc(CCN)cc2)CCC1. The van der Waals surface area contributed by atoms with Gasteiger partial charge in [-0.2, -0.15) is 0 Å². The van der Waals surface area contributed by atoms with E-state index in [4.69, 9.17) is 5.73 Å². The van der Waals surface area contributed by atoms with Crippen molar-refractivity contribution in [3.05, 3.63) is 35.4 Å². The fourth-order valence-electron chi connectivity index (χ4n) is 2.70. The minimum atomic E-state index is 0.0115. The first kappa shape index (κ1) is 15.0. The van der Waals surface area contributed by atoms with Crippen LogP contribution >= 0.6 is 0 Å². The number of carbonyl (C=O) groups is 1. The van der Waals surface area contributed by atoms with Crippen molar-refractivity contribution in [2.45, 2.75) is 31.2 Å². The topological polar surface area (TPSA) is 58.4 Å². The van der Waals surface area contributed by atoms with E-state index in [1.165, 1.54) is 12.0 Å². The molecule has 0 atom stereocenters. The molecule has 0 saturated heterocycles. The van der Waals surface area contributed by atoms with Crippen LogP contribution < -0.4 is 11.1 Å². The highest BCUT2D eigenvalue weighted by Gasteiger charge is 2.39. The van der Waals surface area contributed by atoms with Crippen LogP contribution in [0, 0.1) is 0 Å². The third-order valence-electron chi connectivity index (χ3n) is 4.46. The molecule has 1 saturated carbocycles. The second-order valence-electron chi connectivity index (χ2n) is 5.89. The van der Waals surface area contributed by atoms with Crippen molar-refractivity contribution in [3.8, 4) is 0 Å². The molecule has 0 bridgehead atoms. The zero-order valence-electron chi connectivity index (χ0n) is 12.5. The Kier molecular flexibility index (Phi) is 4.78. The van der Waals surface area contributed by atoms with Crippen molar-refractivity contribution in [2.24, 2.45) is 5.73 Å². The Morgan fingerprint density at radius 1 is 1.30 bits per heavy atom. The van der Waals surface area contributed by atoms with Crippen LogP contribution in [0.3, 0.4) is 0 Å². The van der Waals surface area contributed by atoms with Crippen molar-refractivity contribution in [1.29, 1.82) is 0 Å². The van der Waals surface area contributed by atoms with Gasteiger partial charge in [0.25, 0.3) is 5.91 Å². The molecule has 2 rings (SSSR count). The summed E-state index contributed by atoms with van der Waals surface area (Å²) in [7, 11) is 4.18. The maximum Gasteiger partial charge on any atom is 0.251 e. The van der Waals surface area contributed by atoms with Gasteiger partial charge in [-0.25, -0.2) is 0 Å². The number of nitrogens with zero attached hydrogens (tertiary/aromatic N) is 1. The molecule has 1 aromatic rings. The van der Waals surface area contributed by atoms with Crippen molar-refractivity contribution in [3.63, 3.8) is 0 Å². The number of likely N-dealkylation sites (N-methyl/N-ethyl adjacent to an activating group) is 1. The molecule has 1 aliphatic rings. The average Bonchev–Trinajstić information content (AvgIpc) is 2.38. The molecule has 4 heteroatoms. The number of hydrogen-bond acceptors (Lipinski definition) is 3. The van der Waals surface area contributed by atoms with E-state index < -0.39 is 0 Å². The van der Waals surface area contributed by atoms with Crippen LogP contribution in [0.1, 0.15) is 35.2 Å². The van der Waals surface area contributed by atoms with Crippen LogP contribution in [0.5, 0.6) is 0 Å². The third-order valence-corrected chi connectivity index (χ3v) is 4.46. The van der Waals surface area contributed by atoms with Gasteiger partial charge in [-0.15, -0.1) is 0 Å². The molecule has 3 N–H and O–H groups in total. The van der Waals surface area contributed by atoms with Crippen LogP contribution in [0.15, 0.2) is 24.3 Å². The first-order valence-electron chi connectivity index (χ1n) is 7.32. The Bertz CT molecular complexity index is 449. The molecule has 1 fully saturated rings. The van der Waals surface area contributed by atoms with E-state index in [0.717, 1.165) is 31.4 Å². The average molecular weight is 275 g/mol. The molecule has 1 aliphatic carbocycles. The second-order valence-corrected chi connectivity index (χ2v) is 5.89. The molecule has 1 aromatic carbocycles. The summed E-state index contributed by atoms with van der Waals surface area (Å²) < 4.78 is 0. The van der Waals surface area contributed by atoms with Crippen LogP contribution in [-0.2, 0) is 6.42 Å². The Balaban J connectivity index is 1.91. The highest BCUT2D eigenvalue weighted by molar-refractivity contribution is 5.94. The Morgan fingerprint density at radius 2 is 1.95 bits per heavy atom. The lowest BCUT2D eigenvalue weighted by Gasteiger charge is -2.47. The number of nitrogens with two attached hydrogens (primary N) is 1. The minimum absolute atomic E-state index is 0.0115. The van der Waals surface area contributed by atoms with E-state index in [1.807, 2.05) is 24.3 Å². The van der Waals surface area contributed by atoms with Crippen LogP contribution in [0.2, 0.25) is 0 Å². The van der Waals surface area contributed by atoms with Gasteiger partial charge in [0.05, 0.1) is 0 Å². The minimum Gasteiger partial charge on any atom is -0.350 e. The predicted molar refractivity (Wildman–Crippen MR) is 81.8 cm³/mol. The summed E-state index contributed by atoms with van der Waals surface area (Å²) in [6.07, 6.45) is 4.43. The van der Waals surface area contributed by atoms with E-state index in [-0.39, 0.29) is 11.4 Å². The van der Waals surface area contributed by atoms with Gasteiger partial charge in [0.2, 0.25) is 0 Å². The first-order valence-corrected chi connectivity index (χ1v) is 7.32. The van der Waals surface area contributed by atoms with Gasteiger partial charge in [0.15, 0.2) is 0 Å². The quantitative estimate of drug-likeness (QED) is 0.825. The van der Waals surface area contributed by atoms with Crippen molar-refractivity contribution in [1.82, 2.24) is 10.2 Å². The zero-order chi connectivity index (χ0) is 14.6. The van der Waals surface area contributed by atoms with Gasteiger partial charge < -0.3 is 16.0 Å². The van der Waals surface area contributed by atoms with E-state index in [1.54, 1.807) is 0 Å². The molecule has 20 heavy (non-hydrogen) atoms. The summed E-state index contributed by atoms with van der Waals surface area (Å²) in [5.74, 6) is 0.0115. The maximum atomic E-state index is 12.2. The van der Waals surface area contributed by atoms with Crippen LogP contribution in [0.25, 0.3) is 0 Å². The van der Waals surface area contributed by atoms with Gasteiger partial charge in [-0.05, 0) is 64.0 Å². The molecule has 0 spiro atoms. The normalized spacial score (nSPS) is 16.8. The summed E-state index contributed by atoms with van der Waals surface area (Å²) in [5.41, 5.74) is 7.58. The molecule has 110 valence electrons. The van der Waals surface area contributed by atoms with E-state index >= 15 is 0 Å². The summed E-state index contributed by atoms with van der Waals surface area (Å²) in [6, 6.07) is 7.71. The third kappa shape index (κ3) is 3.19. The number of nitrogens with one attached hydrogen (secondary N) is 1. The number of benzene rings is 1. The molecule has 0 aliphatic heterocycles. The van der Waals surface area contributed by atoms with Crippen LogP contribution in [-0.4, -0.2) is 43.5 Å². The molecule has 4 nitrogen and oxygen atoms in total. The van der Waals surface area contributed by atoms with Crippen molar-refractivity contribution < 1.29 is 4.79 Å². The smallest absolute Gasteiger partial charge is 0.251 e. The number of carbonyl (C=O) groups excluding carboxylic acids is 1. The zero-order valence-corrected chi connectivity index (χ0v) is 12.5. The first-order chi connectivity index (χ1) is 9.57. The summed E-state index contributed by atoms with van der Waals surface area (Å²) in [5, 5.41) is 3.07. The fourth-order valence-corrected chi connectivity index (χ4v) is 2.70. The van der Waals surface area contributed by atoms with Crippen LogP contribution in [0.4, 0.5) is 0 Å². The summed E-state index contributed by atoms with van der Waals surface area (Å²) in [4.78, 5) is 14.4. The van der Waals surface area contributed by atoms with E-state index in [9.17, 15) is 4.79 Å². The van der Waals surface area contributed by atoms with Gasteiger partial charge in [-0.3, -0.25) is 4.79 Å². The Morgan fingerprint density at radius 3 is 2.40 bits per heavy atom. The highest BCUT2D eigenvalue weighted by atomic mass is 16.1. The summed E-state index contributed by atoms with van der Waals surface area (Å²) >= 11 is 0. The summed E-state index contributed by atoms with van der Waals surface area (Å²) in [6.45, 7) is 1.36. The molecular formula is C16H25N3O. The Labute approximate surface area is 121 Å². The standard InChI is InChI=1S/C16H25N3O/c1-19(2)16(9-3-10-16)12-18-15(20)14-6-4-13(5-7-14)8-11-17/h4-7H,3,8-12,17H2,1-2H3,(H,18,20). The second kappa shape index (κ2) is 6.37. The predicted octanol–water partition coefficient (Wildman–Crippen LogP) is 1.40. The lowest BCUT2D eigenvalue weighted by molar-refractivity contribution is 0.0557. The molecule has 0 heterocycles. The van der Waals surface area contributed by atoms with Gasteiger partial charge in [0.1, 0.15) is 0 Å².